The average molecular weight is 487 g/mol. The van der Waals surface area contributed by atoms with Crippen LogP contribution in [0.2, 0.25) is 0 Å². The third kappa shape index (κ3) is 4.37. The molecule has 2 fully saturated rings. The van der Waals surface area contributed by atoms with Crippen LogP contribution in [0.4, 0.5) is 9.18 Å². The number of piperidine rings is 1. The van der Waals surface area contributed by atoms with Gasteiger partial charge in [-0.25, -0.2) is 9.18 Å². The Morgan fingerprint density at radius 1 is 1.00 bits per heavy atom. The SMILES string of the molecule is Cn1cc(-c2ccc3c(c2)c(C2CCN(CCN4CCNC4=O)CC2)cn3-c2ccc(F)cc2)cn1. The number of nitrogens with one attached hydrogen (secondary N) is 1. The summed E-state index contributed by atoms with van der Waals surface area (Å²) in [6, 6.07) is 13.4. The zero-order valence-electron chi connectivity index (χ0n) is 20.5. The van der Waals surface area contributed by atoms with Crippen LogP contribution < -0.4 is 5.32 Å². The number of carbonyl (C=O) groups excluding carboxylic acids is 1. The van der Waals surface area contributed by atoms with E-state index in [1.54, 1.807) is 0 Å². The van der Waals surface area contributed by atoms with Crippen LogP contribution in [-0.4, -0.2) is 69.4 Å². The number of aromatic nitrogens is 3. The molecular formula is C28H31FN6O. The summed E-state index contributed by atoms with van der Waals surface area (Å²) in [5.41, 5.74) is 5.68. The molecule has 2 aromatic carbocycles. The fourth-order valence-electron chi connectivity index (χ4n) is 5.60. The normalized spacial score (nSPS) is 17.3. The van der Waals surface area contributed by atoms with Crippen molar-refractivity contribution in [3.05, 3.63) is 72.4 Å². The number of hydrogen-bond acceptors (Lipinski definition) is 3. The van der Waals surface area contributed by atoms with Crippen LogP contribution in [0.5, 0.6) is 0 Å². The van der Waals surface area contributed by atoms with Gasteiger partial charge in [0.2, 0.25) is 0 Å². The van der Waals surface area contributed by atoms with E-state index >= 15 is 0 Å². The molecule has 0 bridgehead atoms. The zero-order chi connectivity index (χ0) is 24.6. The highest BCUT2D eigenvalue weighted by molar-refractivity contribution is 5.90. The predicted octanol–water partition coefficient (Wildman–Crippen LogP) is 4.37. The summed E-state index contributed by atoms with van der Waals surface area (Å²) in [6.07, 6.45) is 8.34. The molecule has 0 spiro atoms. The number of fused-ring (bicyclic) bond motifs is 1. The number of likely N-dealkylation sites (tertiary alicyclic amines) is 1. The minimum absolute atomic E-state index is 0.0582. The van der Waals surface area contributed by atoms with Crippen molar-refractivity contribution in [3.63, 3.8) is 0 Å². The van der Waals surface area contributed by atoms with Gasteiger partial charge in [0, 0.05) is 62.3 Å². The van der Waals surface area contributed by atoms with Gasteiger partial charge in [0.15, 0.2) is 0 Å². The third-order valence-corrected chi connectivity index (χ3v) is 7.64. The van der Waals surface area contributed by atoms with Crippen LogP contribution in [0.3, 0.4) is 0 Å². The Bertz CT molecular complexity index is 1380. The summed E-state index contributed by atoms with van der Waals surface area (Å²) in [5.74, 6) is 0.220. The first-order valence-electron chi connectivity index (χ1n) is 12.7. The maximum absolute atomic E-state index is 13.6. The zero-order valence-corrected chi connectivity index (χ0v) is 20.5. The van der Waals surface area contributed by atoms with Crippen LogP contribution in [0.1, 0.15) is 24.3 Å². The highest BCUT2D eigenvalue weighted by Crippen LogP contribution is 2.37. The van der Waals surface area contributed by atoms with E-state index in [0.717, 1.165) is 74.4 Å². The number of carbonyl (C=O) groups is 1. The van der Waals surface area contributed by atoms with E-state index in [2.05, 4.69) is 44.3 Å². The number of amides is 2. The number of nitrogens with zero attached hydrogens (tertiary/aromatic N) is 5. The molecule has 4 aromatic rings. The highest BCUT2D eigenvalue weighted by Gasteiger charge is 2.26. The van der Waals surface area contributed by atoms with Gasteiger partial charge in [-0.15, -0.1) is 0 Å². The van der Waals surface area contributed by atoms with Gasteiger partial charge in [-0.2, -0.15) is 5.10 Å². The molecule has 0 unspecified atom stereocenters. The summed E-state index contributed by atoms with van der Waals surface area (Å²) in [6.45, 7) is 5.30. The molecule has 1 N–H and O–H groups in total. The van der Waals surface area contributed by atoms with Crippen molar-refractivity contribution in [1.82, 2.24) is 29.5 Å². The molecule has 2 amide bonds. The maximum atomic E-state index is 13.6. The van der Waals surface area contributed by atoms with Gasteiger partial charge in [0.25, 0.3) is 0 Å². The molecular weight excluding hydrogens is 455 g/mol. The molecule has 186 valence electrons. The third-order valence-electron chi connectivity index (χ3n) is 7.64. The Labute approximate surface area is 210 Å². The van der Waals surface area contributed by atoms with Gasteiger partial charge < -0.3 is 19.7 Å². The highest BCUT2D eigenvalue weighted by atomic mass is 19.1. The first-order chi connectivity index (χ1) is 17.5. The van der Waals surface area contributed by atoms with Crippen molar-refractivity contribution in [2.45, 2.75) is 18.8 Å². The van der Waals surface area contributed by atoms with E-state index in [4.69, 9.17) is 0 Å². The number of benzene rings is 2. The summed E-state index contributed by atoms with van der Waals surface area (Å²) < 4.78 is 17.6. The first kappa shape index (κ1) is 22.8. The number of rotatable bonds is 6. The molecule has 0 saturated carbocycles. The average Bonchev–Trinajstić information content (AvgIpc) is 3.62. The molecule has 0 aliphatic carbocycles. The van der Waals surface area contributed by atoms with Gasteiger partial charge in [0.1, 0.15) is 5.82 Å². The van der Waals surface area contributed by atoms with Crippen LogP contribution in [0.15, 0.2) is 61.1 Å². The number of halogens is 1. The van der Waals surface area contributed by atoms with E-state index in [1.165, 1.54) is 23.1 Å². The van der Waals surface area contributed by atoms with Crippen molar-refractivity contribution in [2.24, 2.45) is 7.05 Å². The standard InChI is InChI=1S/C28H31FN6O/c1-32-18-22(17-31-32)21-2-7-27-25(16-21)26(19-35(27)24-5-3-23(29)4-6-24)20-8-11-33(12-9-20)14-15-34-13-10-30-28(34)36/h2-7,16-20H,8-15H2,1H3,(H,30,36). The molecule has 2 aromatic heterocycles. The summed E-state index contributed by atoms with van der Waals surface area (Å²) in [4.78, 5) is 16.2. The Kier molecular flexibility index (Phi) is 5.97. The topological polar surface area (TPSA) is 58.3 Å². The second kappa shape index (κ2) is 9.43. The minimum atomic E-state index is -0.229. The van der Waals surface area contributed by atoms with Gasteiger partial charge in [-0.1, -0.05) is 6.07 Å². The van der Waals surface area contributed by atoms with Crippen LogP contribution in [0, 0.1) is 5.82 Å². The van der Waals surface area contributed by atoms with Gasteiger partial charge in [-0.3, -0.25) is 4.68 Å². The molecule has 0 radical (unpaired) electrons. The molecule has 2 aliphatic heterocycles. The van der Waals surface area contributed by atoms with Crippen molar-refractivity contribution >= 4 is 16.9 Å². The maximum Gasteiger partial charge on any atom is 0.317 e. The van der Waals surface area contributed by atoms with E-state index in [-0.39, 0.29) is 11.8 Å². The van der Waals surface area contributed by atoms with E-state index in [9.17, 15) is 9.18 Å². The lowest BCUT2D eigenvalue weighted by atomic mass is 9.88. The van der Waals surface area contributed by atoms with Crippen molar-refractivity contribution in [2.75, 3.05) is 39.3 Å². The lowest BCUT2D eigenvalue weighted by Crippen LogP contribution is -2.40. The lowest BCUT2D eigenvalue weighted by Gasteiger charge is -2.32. The van der Waals surface area contributed by atoms with E-state index in [0.29, 0.717) is 5.92 Å². The Morgan fingerprint density at radius 3 is 2.50 bits per heavy atom. The molecule has 2 aliphatic rings. The van der Waals surface area contributed by atoms with E-state index in [1.807, 2.05) is 41.2 Å². The molecule has 2 saturated heterocycles. The molecule has 36 heavy (non-hydrogen) atoms. The van der Waals surface area contributed by atoms with Crippen LogP contribution in [0.25, 0.3) is 27.7 Å². The van der Waals surface area contributed by atoms with Crippen molar-refractivity contribution < 1.29 is 9.18 Å². The molecule has 7 nitrogen and oxygen atoms in total. The number of hydrogen-bond donors (Lipinski definition) is 1. The summed E-state index contributed by atoms with van der Waals surface area (Å²) >= 11 is 0. The van der Waals surface area contributed by atoms with Gasteiger partial charge in [0.05, 0.1) is 11.7 Å². The number of urea groups is 1. The lowest BCUT2D eigenvalue weighted by molar-refractivity contribution is 0.181. The summed E-state index contributed by atoms with van der Waals surface area (Å²) in [7, 11) is 1.93. The van der Waals surface area contributed by atoms with Gasteiger partial charge in [-0.05, 0) is 79.4 Å². The Balaban J connectivity index is 1.28. The molecule has 0 atom stereocenters. The first-order valence-corrected chi connectivity index (χ1v) is 12.7. The molecule has 8 heteroatoms. The van der Waals surface area contributed by atoms with Crippen molar-refractivity contribution in [1.29, 1.82) is 0 Å². The van der Waals surface area contributed by atoms with Crippen LogP contribution >= 0.6 is 0 Å². The van der Waals surface area contributed by atoms with Crippen molar-refractivity contribution in [3.8, 4) is 16.8 Å². The molecule has 4 heterocycles. The van der Waals surface area contributed by atoms with Crippen LogP contribution in [-0.2, 0) is 7.05 Å². The summed E-state index contributed by atoms with van der Waals surface area (Å²) in [5, 5.41) is 8.47. The fourth-order valence-corrected chi connectivity index (χ4v) is 5.60. The molecule has 6 rings (SSSR count). The second-order valence-corrected chi connectivity index (χ2v) is 9.90. The van der Waals surface area contributed by atoms with E-state index < -0.39 is 0 Å². The minimum Gasteiger partial charge on any atom is -0.336 e. The smallest absolute Gasteiger partial charge is 0.317 e. The largest absolute Gasteiger partial charge is 0.336 e. The Morgan fingerprint density at radius 2 is 1.81 bits per heavy atom. The van der Waals surface area contributed by atoms with Gasteiger partial charge >= 0.3 is 6.03 Å². The fraction of sp³-hybridized carbons (Fsp3) is 0.357. The second-order valence-electron chi connectivity index (χ2n) is 9.90. The predicted molar refractivity (Wildman–Crippen MR) is 139 cm³/mol. The number of aryl methyl sites for hydroxylation is 1. The monoisotopic (exact) mass is 486 g/mol. The Hall–Kier alpha value is -3.65. The quantitative estimate of drug-likeness (QED) is 0.440.